The van der Waals surface area contributed by atoms with E-state index in [1.54, 1.807) is 6.07 Å². The topological polar surface area (TPSA) is 48.7 Å². The summed E-state index contributed by atoms with van der Waals surface area (Å²) in [6.07, 6.45) is 1.02. The maximum Gasteiger partial charge on any atom is 0.148 e. The van der Waals surface area contributed by atoms with Gasteiger partial charge in [0.2, 0.25) is 0 Å². The van der Waals surface area contributed by atoms with Crippen LogP contribution in [0.3, 0.4) is 0 Å². The Morgan fingerprint density at radius 1 is 1.17 bits per heavy atom. The van der Waals surface area contributed by atoms with Crippen LogP contribution in [-0.4, -0.2) is 4.98 Å². The SMILES string of the molecule is CCc1ccc(Nc2nc(C)ccc2C#N)cc1. The Balaban J connectivity index is 2.27. The van der Waals surface area contributed by atoms with Crippen molar-refractivity contribution in [2.45, 2.75) is 20.3 Å². The number of nitrogens with one attached hydrogen (secondary N) is 1. The van der Waals surface area contributed by atoms with Gasteiger partial charge in [0.25, 0.3) is 0 Å². The lowest BCUT2D eigenvalue weighted by atomic mass is 10.1. The fourth-order valence-corrected chi connectivity index (χ4v) is 1.70. The van der Waals surface area contributed by atoms with E-state index in [0.29, 0.717) is 11.4 Å². The first-order valence-corrected chi connectivity index (χ1v) is 5.96. The van der Waals surface area contributed by atoms with E-state index in [2.05, 4.69) is 35.4 Å². The van der Waals surface area contributed by atoms with Crippen LogP contribution in [0.4, 0.5) is 11.5 Å². The zero-order chi connectivity index (χ0) is 13.0. The number of pyridine rings is 1. The standard InChI is InChI=1S/C15H15N3/c1-3-12-5-8-14(9-6-12)18-15-13(10-16)7-4-11(2)17-15/h4-9H,3H2,1-2H3,(H,17,18). The minimum absolute atomic E-state index is 0.556. The van der Waals surface area contributed by atoms with Gasteiger partial charge in [0.15, 0.2) is 0 Å². The third-order valence-electron chi connectivity index (χ3n) is 2.78. The van der Waals surface area contributed by atoms with Crippen LogP contribution in [0.25, 0.3) is 0 Å². The van der Waals surface area contributed by atoms with Crippen LogP contribution >= 0.6 is 0 Å². The van der Waals surface area contributed by atoms with Crippen molar-refractivity contribution in [3.05, 3.63) is 53.2 Å². The lowest BCUT2D eigenvalue weighted by Gasteiger charge is -2.08. The number of hydrogen-bond donors (Lipinski definition) is 1. The first-order chi connectivity index (χ1) is 8.72. The molecule has 18 heavy (non-hydrogen) atoms. The van der Waals surface area contributed by atoms with Crippen LogP contribution in [0.15, 0.2) is 36.4 Å². The Labute approximate surface area is 107 Å². The predicted octanol–water partition coefficient (Wildman–Crippen LogP) is 3.57. The second-order valence-corrected chi connectivity index (χ2v) is 4.14. The second kappa shape index (κ2) is 5.33. The first-order valence-electron chi connectivity index (χ1n) is 5.96. The molecule has 0 aliphatic rings. The molecule has 0 aliphatic heterocycles. The molecule has 0 aliphatic carbocycles. The van der Waals surface area contributed by atoms with Gasteiger partial charge in [0.05, 0.1) is 5.56 Å². The monoisotopic (exact) mass is 237 g/mol. The summed E-state index contributed by atoms with van der Waals surface area (Å²) >= 11 is 0. The molecular weight excluding hydrogens is 222 g/mol. The third kappa shape index (κ3) is 2.67. The number of hydrogen-bond acceptors (Lipinski definition) is 3. The molecule has 2 rings (SSSR count). The number of aromatic nitrogens is 1. The van der Waals surface area contributed by atoms with Crippen molar-refractivity contribution < 1.29 is 0 Å². The van der Waals surface area contributed by atoms with Crippen molar-refractivity contribution in [3.8, 4) is 6.07 Å². The van der Waals surface area contributed by atoms with Gasteiger partial charge in [0, 0.05) is 11.4 Å². The summed E-state index contributed by atoms with van der Waals surface area (Å²) in [5.41, 5.74) is 3.68. The van der Waals surface area contributed by atoms with Crippen LogP contribution in [-0.2, 0) is 6.42 Å². The zero-order valence-electron chi connectivity index (χ0n) is 10.6. The molecule has 0 fully saturated rings. The highest BCUT2D eigenvalue weighted by Crippen LogP contribution is 2.19. The van der Waals surface area contributed by atoms with Crippen LogP contribution in [0.1, 0.15) is 23.7 Å². The third-order valence-corrected chi connectivity index (χ3v) is 2.78. The van der Waals surface area contributed by atoms with Crippen molar-refractivity contribution in [2.75, 3.05) is 5.32 Å². The van der Waals surface area contributed by atoms with E-state index in [-0.39, 0.29) is 0 Å². The largest absolute Gasteiger partial charge is 0.339 e. The van der Waals surface area contributed by atoms with Crippen molar-refractivity contribution in [1.29, 1.82) is 5.26 Å². The molecule has 0 unspecified atom stereocenters. The molecule has 0 bridgehead atoms. The summed E-state index contributed by atoms with van der Waals surface area (Å²) < 4.78 is 0. The maximum absolute atomic E-state index is 9.04. The smallest absolute Gasteiger partial charge is 0.148 e. The maximum atomic E-state index is 9.04. The summed E-state index contributed by atoms with van der Waals surface area (Å²) in [7, 11) is 0. The number of aryl methyl sites for hydroxylation is 2. The predicted molar refractivity (Wildman–Crippen MR) is 72.8 cm³/mol. The van der Waals surface area contributed by atoms with Gasteiger partial charge in [-0.1, -0.05) is 19.1 Å². The molecule has 0 saturated carbocycles. The van der Waals surface area contributed by atoms with Gasteiger partial charge in [-0.2, -0.15) is 5.26 Å². The van der Waals surface area contributed by atoms with E-state index in [1.165, 1.54) is 5.56 Å². The first kappa shape index (κ1) is 12.1. The Morgan fingerprint density at radius 3 is 2.50 bits per heavy atom. The summed E-state index contributed by atoms with van der Waals surface area (Å²) in [5.74, 6) is 0.613. The van der Waals surface area contributed by atoms with Gasteiger partial charge in [0.1, 0.15) is 11.9 Å². The van der Waals surface area contributed by atoms with E-state index >= 15 is 0 Å². The highest BCUT2D eigenvalue weighted by molar-refractivity contribution is 5.62. The fraction of sp³-hybridized carbons (Fsp3) is 0.200. The van der Waals surface area contributed by atoms with Gasteiger partial charge >= 0.3 is 0 Å². The highest BCUT2D eigenvalue weighted by atomic mass is 15.0. The molecule has 3 heteroatoms. The molecule has 1 N–H and O–H groups in total. The summed E-state index contributed by atoms with van der Waals surface area (Å²) in [5, 5.41) is 12.2. The zero-order valence-corrected chi connectivity index (χ0v) is 10.6. The summed E-state index contributed by atoms with van der Waals surface area (Å²) in [4.78, 5) is 4.35. The average Bonchev–Trinajstić information content (AvgIpc) is 2.40. The van der Waals surface area contributed by atoms with Crippen molar-refractivity contribution in [2.24, 2.45) is 0 Å². The van der Waals surface area contributed by atoms with Gasteiger partial charge in [-0.25, -0.2) is 4.98 Å². The van der Waals surface area contributed by atoms with Crippen molar-refractivity contribution >= 4 is 11.5 Å². The fourth-order valence-electron chi connectivity index (χ4n) is 1.70. The van der Waals surface area contributed by atoms with E-state index in [4.69, 9.17) is 5.26 Å². The highest BCUT2D eigenvalue weighted by Gasteiger charge is 2.04. The van der Waals surface area contributed by atoms with Crippen molar-refractivity contribution in [3.63, 3.8) is 0 Å². The minimum Gasteiger partial charge on any atom is -0.339 e. The summed E-state index contributed by atoms with van der Waals surface area (Å²) in [6, 6.07) is 13.9. The van der Waals surface area contributed by atoms with Crippen LogP contribution in [0.2, 0.25) is 0 Å². The lowest BCUT2D eigenvalue weighted by molar-refractivity contribution is 1.14. The molecule has 0 atom stereocenters. The van der Waals surface area contributed by atoms with Gasteiger partial charge in [-0.3, -0.25) is 0 Å². The number of rotatable bonds is 3. The van der Waals surface area contributed by atoms with E-state index < -0.39 is 0 Å². The summed E-state index contributed by atoms with van der Waals surface area (Å²) in [6.45, 7) is 4.03. The van der Waals surface area contributed by atoms with Gasteiger partial charge in [-0.05, 0) is 43.2 Å². The van der Waals surface area contributed by atoms with E-state index in [1.807, 2.05) is 25.1 Å². The molecule has 2 aromatic rings. The second-order valence-electron chi connectivity index (χ2n) is 4.14. The lowest BCUT2D eigenvalue weighted by Crippen LogP contribution is -1.98. The Bertz CT molecular complexity index is 580. The molecule has 0 amide bonds. The number of anilines is 2. The molecular formula is C15H15N3. The van der Waals surface area contributed by atoms with Crippen LogP contribution in [0, 0.1) is 18.3 Å². The molecule has 3 nitrogen and oxygen atoms in total. The Kier molecular flexibility index (Phi) is 3.59. The molecule has 1 aromatic heterocycles. The van der Waals surface area contributed by atoms with Gasteiger partial charge in [-0.15, -0.1) is 0 Å². The molecule has 1 heterocycles. The number of benzene rings is 1. The average molecular weight is 237 g/mol. The van der Waals surface area contributed by atoms with E-state index in [0.717, 1.165) is 17.8 Å². The Morgan fingerprint density at radius 2 is 1.89 bits per heavy atom. The minimum atomic E-state index is 0.556. The quantitative estimate of drug-likeness (QED) is 0.887. The number of nitrogens with zero attached hydrogens (tertiary/aromatic N) is 2. The Hall–Kier alpha value is -2.34. The van der Waals surface area contributed by atoms with Gasteiger partial charge < -0.3 is 5.32 Å². The molecule has 0 radical (unpaired) electrons. The molecule has 0 spiro atoms. The van der Waals surface area contributed by atoms with E-state index in [9.17, 15) is 0 Å². The number of nitriles is 1. The molecule has 0 saturated heterocycles. The molecule has 90 valence electrons. The van der Waals surface area contributed by atoms with Crippen LogP contribution in [0.5, 0.6) is 0 Å². The van der Waals surface area contributed by atoms with Crippen molar-refractivity contribution in [1.82, 2.24) is 4.98 Å². The molecule has 1 aromatic carbocycles. The van der Waals surface area contributed by atoms with Crippen LogP contribution < -0.4 is 5.32 Å². The normalized spacial score (nSPS) is 9.83.